The molecular formula is C29H29N5O6S2. The molecule has 13 heteroatoms. The van der Waals surface area contributed by atoms with E-state index in [1.165, 1.54) is 48.9 Å². The molecule has 2 aromatic carbocycles. The lowest BCUT2D eigenvalue weighted by atomic mass is 10.0. The molecule has 1 amide bonds. The number of rotatable bonds is 10. The fourth-order valence-electron chi connectivity index (χ4n) is 4.56. The summed E-state index contributed by atoms with van der Waals surface area (Å²) in [4.78, 5) is 25.2. The van der Waals surface area contributed by atoms with Gasteiger partial charge in [0.2, 0.25) is 10.8 Å². The predicted molar refractivity (Wildman–Crippen MR) is 156 cm³/mol. The molecule has 42 heavy (non-hydrogen) atoms. The summed E-state index contributed by atoms with van der Waals surface area (Å²) < 4.78 is 59.1. The minimum atomic E-state index is -4.11. The van der Waals surface area contributed by atoms with E-state index >= 15 is 0 Å². The molecule has 218 valence electrons. The van der Waals surface area contributed by atoms with Crippen LogP contribution in [0.1, 0.15) is 5.56 Å². The van der Waals surface area contributed by atoms with Crippen molar-refractivity contribution in [3.8, 4) is 5.75 Å². The van der Waals surface area contributed by atoms with Crippen LogP contribution in [-0.4, -0.2) is 62.1 Å². The molecule has 2 unspecified atom stereocenters. The summed E-state index contributed by atoms with van der Waals surface area (Å²) in [5.41, 5.74) is 1.66. The van der Waals surface area contributed by atoms with Gasteiger partial charge < -0.3 is 18.9 Å². The quantitative estimate of drug-likeness (QED) is 0.268. The van der Waals surface area contributed by atoms with Crippen molar-refractivity contribution in [3.05, 3.63) is 109 Å². The van der Waals surface area contributed by atoms with Crippen LogP contribution in [0.25, 0.3) is 0 Å². The Labute approximate surface area is 246 Å². The minimum absolute atomic E-state index is 0.0272. The van der Waals surface area contributed by atoms with E-state index in [-0.39, 0.29) is 28.0 Å². The highest BCUT2D eigenvalue weighted by Gasteiger charge is 2.35. The van der Waals surface area contributed by atoms with Gasteiger partial charge in [-0.25, -0.2) is 4.98 Å². The fraction of sp³-hybridized carbons (Fsp3) is 0.207. The Hall–Kier alpha value is -4.01. The average molecular weight is 608 g/mol. The zero-order chi connectivity index (χ0) is 29.6. The summed E-state index contributed by atoms with van der Waals surface area (Å²) in [6.45, 7) is 2.06. The minimum Gasteiger partial charge on any atom is -0.592 e. The SMILES string of the molecule is O=C([C@H](Cc1ccc(O[S+](=O)([O-])c2cccnc2)cc1)N[S+](=O)([O-])c1ccccn1)N1CCN(c2ccccc2)CC1. The van der Waals surface area contributed by atoms with Gasteiger partial charge in [-0.15, -0.1) is 4.72 Å². The van der Waals surface area contributed by atoms with E-state index in [0.717, 1.165) is 5.69 Å². The van der Waals surface area contributed by atoms with Crippen molar-refractivity contribution in [2.75, 3.05) is 31.1 Å². The van der Waals surface area contributed by atoms with E-state index in [1.807, 2.05) is 30.3 Å². The molecule has 2 aromatic heterocycles. The number of nitrogens with zero attached hydrogens (tertiary/aromatic N) is 4. The van der Waals surface area contributed by atoms with E-state index in [1.54, 1.807) is 29.2 Å². The molecule has 3 atom stereocenters. The zero-order valence-corrected chi connectivity index (χ0v) is 24.1. The topological polar surface area (TPSA) is 151 Å². The highest BCUT2D eigenvalue weighted by atomic mass is 32.3. The molecule has 1 aliphatic rings. The zero-order valence-electron chi connectivity index (χ0n) is 22.5. The largest absolute Gasteiger partial charge is 0.592 e. The van der Waals surface area contributed by atoms with Crippen LogP contribution in [0.5, 0.6) is 5.75 Å². The van der Waals surface area contributed by atoms with Crippen molar-refractivity contribution in [1.82, 2.24) is 19.6 Å². The van der Waals surface area contributed by atoms with Crippen molar-refractivity contribution in [1.29, 1.82) is 0 Å². The summed E-state index contributed by atoms with van der Waals surface area (Å²) in [5.74, 6) is -0.293. The molecule has 4 aromatic rings. The van der Waals surface area contributed by atoms with Crippen LogP contribution in [0.2, 0.25) is 0 Å². The predicted octanol–water partition coefficient (Wildman–Crippen LogP) is 2.91. The Morgan fingerprint density at radius 2 is 1.60 bits per heavy atom. The number of hydrogen-bond acceptors (Lipinski definition) is 9. The van der Waals surface area contributed by atoms with Crippen LogP contribution >= 0.6 is 0 Å². The number of anilines is 1. The number of sulfonamides is 1. The number of carbonyl (C=O) groups excluding carboxylic acids is 1. The molecule has 0 spiro atoms. The molecule has 1 fully saturated rings. The lowest BCUT2D eigenvalue weighted by molar-refractivity contribution is -0.133. The van der Waals surface area contributed by atoms with Gasteiger partial charge in [-0.3, -0.25) is 14.0 Å². The number of benzene rings is 2. The number of hydrogen-bond donors (Lipinski definition) is 1. The number of amides is 1. The maximum Gasteiger partial charge on any atom is 0.270 e. The van der Waals surface area contributed by atoms with Crippen molar-refractivity contribution < 1.29 is 26.5 Å². The van der Waals surface area contributed by atoms with Crippen LogP contribution in [0, 0.1) is 0 Å². The Bertz CT molecular complexity index is 1570. The molecule has 1 N–H and O–H groups in total. The first-order chi connectivity index (χ1) is 20.2. The van der Waals surface area contributed by atoms with Gasteiger partial charge in [-0.2, -0.15) is 0 Å². The second-order valence-electron chi connectivity index (χ2n) is 9.56. The Kier molecular flexibility index (Phi) is 9.04. The molecular weight excluding hydrogens is 578 g/mol. The Balaban J connectivity index is 1.31. The molecule has 0 saturated carbocycles. The van der Waals surface area contributed by atoms with E-state index in [4.69, 9.17) is 4.18 Å². The molecule has 11 nitrogen and oxygen atoms in total. The number of aromatic nitrogens is 2. The first-order valence-corrected chi connectivity index (χ1v) is 16.1. The number of para-hydroxylation sites is 1. The highest BCUT2D eigenvalue weighted by Crippen LogP contribution is 2.24. The monoisotopic (exact) mass is 607 g/mol. The summed E-state index contributed by atoms with van der Waals surface area (Å²) in [6.07, 6.45) is 4.04. The van der Waals surface area contributed by atoms with Crippen LogP contribution in [0.15, 0.2) is 113 Å². The maximum absolute atomic E-state index is 13.7. The van der Waals surface area contributed by atoms with E-state index in [0.29, 0.717) is 31.7 Å². The average Bonchev–Trinajstić information content (AvgIpc) is 3.02. The maximum atomic E-state index is 13.7. The van der Waals surface area contributed by atoms with E-state index in [2.05, 4.69) is 19.6 Å². The molecule has 5 rings (SSSR count). The van der Waals surface area contributed by atoms with Crippen LogP contribution in [0.3, 0.4) is 0 Å². The molecule has 0 aliphatic carbocycles. The standard InChI is InChI=1S/C29H29N5O6S2/c35-29(34-19-17-33(18-20-34)24-7-2-1-3-8-24)27(32-41(36,37)28-10-4-5-16-31-28)21-23-11-13-25(14-12-23)40-42(38,39)26-9-6-15-30-22-26/h1-16,22,27H,17-21H2,(H-2,32,36,37,38,39)/t27-/m0/s1. The lowest BCUT2D eigenvalue weighted by Crippen LogP contribution is -2.56. The summed E-state index contributed by atoms with van der Waals surface area (Å²) in [6, 6.07) is 22.2. The Morgan fingerprint density at radius 1 is 0.881 bits per heavy atom. The molecule has 1 saturated heterocycles. The molecule has 0 radical (unpaired) electrons. The third-order valence-corrected chi connectivity index (χ3v) is 9.33. The van der Waals surface area contributed by atoms with Gasteiger partial charge >= 0.3 is 0 Å². The lowest BCUT2D eigenvalue weighted by Gasteiger charge is -2.37. The van der Waals surface area contributed by atoms with Crippen LogP contribution in [-0.2, 0) is 40.5 Å². The van der Waals surface area contributed by atoms with Crippen molar-refractivity contribution >= 4 is 32.5 Å². The van der Waals surface area contributed by atoms with Gasteiger partial charge in [0.05, 0.1) is 6.20 Å². The summed E-state index contributed by atoms with van der Waals surface area (Å²) in [5, 5.41) is -0.193. The van der Waals surface area contributed by atoms with Gasteiger partial charge in [0, 0.05) is 62.8 Å². The van der Waals surface area contributed by atoms with Gasteiger partial charge in [0.1, 0.15) is 6.04 Å². The van der Waals surface area contributed by atoms with Gasteiger partial charge in [0.15, 0.2) is 16.1 Å². The first kappa shape index (κ1) is 29.5. The van der Waals surface area contributed by atoms with E-state index in [9.17, 15) is 22.3 Å². The normalized spacial score (nSPS) is 17.1. The van der Waals surface area contributed by atoms with Gasteiger partial charge in [-0.05, 0) is 42.0 Å². The number of nitrogens with one attached hydrogen (secondary N) is 1. The number of carbonyl (C=O) groups is 1. The number of pyridine rings is 2. The third-order valence-electron chi connectivity index (χ3n) is 6.71. The van der Waals surface area contributed by atoms with Crippen molar-refractivity contribution in [2.24, 2.45) is 0 Å². The highest BCUT2D eigenvalue weighted by molar-refractivity contribution is 7.95. The molecule has 3 heterocycles. The van der Waals surface area contributed by atoms with Gasteiger partial charge in [0.25, 0.3) is 15.5 Å². The van der Waals surface area contributed by atoms with Crippen LogP contribution in [0.4, 0.5) is 5.69 Å². The first-order valence-electron chi connectivity index (χ1n) is 13.2. The summed E-state index contributed by atoms with van der Waals surface area (Å²) >= 11 is 0. The Morgan fingerprint density at radius 3 is 2.24 bits per heavy atom. The third kappa shape index (κ3) is 7.24. The van der Waals surface area contributed by atoms with Crippen molar-refractivity contribution in [3.63, 3.8) is 0 Å². The smallest absolute Gasteiger partial charge is 0.270 e. The van der Waals surface area contributed by atoms with Crippen LogP contribution < -0.4 is 13.8 Å². The van der Waals surface area contributed by atoms with Crippen molar-refractivity contribution in [2.45, 2.75) is 22.4 Å². The van der Waals surface area contributed by atoms with Gasteiger partial charge in [-0.1, -0.05) is 44.8 Å². The van der Waals surface area contributed by atoms with E-state index < -0.39 is 26.9 Å². The number of piperazine rings is 1. The fourth-order valence-corrected chi connectivity index (χ4v) is 6.60. The molecule has 0 bridgehead atoms. The summed E-state index contributed by atoms with van der Waals surface area (Å²) in [7, 11) is -8.19. The second-order valence-corrected chi connectivity index (χ2v) is 12.8. The second kappa shape index (κ2) is 12.9. The molecule has 1 aliphatic heterocycles.